The summed E-state index contributed by atoms with van der Waals surface area (Å²) in [5.74, 6) is 0.371. The molecule has 0 aromatic carbocycles. The van der Waals surface area contributed by atoms with Gasteiger partial charge in [0.05, 0.1) is 11.1 Å². The van der Waals surface area contributed by atoms with Crippen molar-refractivity contribution < 1.29 is 5.11 Å². The maximum Gasteiger partial charge on any atom is 0.0896 e. The lowest BCUT2D eigenvalue weighted by Gasteiger charge is -2.10. The van der Waals surface area contributed by atoms with E-state index in [1.165, 1.54) is 4.88 Å². The Morgan fingerprint density at radius 3 is 2.92 bits per heavy atom. The Morgan fingerprint density at radius 1 is 1.58 bits per heavy atom. The van der Waals surface area contributed by atoms with Crippen LogP contribution >= 0.6 is 11.3 Å². The van der Waals surface area contributed by atoms with Gasteiger partial charge in [-0.2, -0.15) is 0 Å². The number of aromatic nitrogens is 1. The minimum Gasteiger partial charge on any atom is -0.392 e. The molecule has 1 aromatic heterocycles. The van der Waals surface area contributed by atoms with Crippen LogP contribution in [0, 0.1) is 6.92 Å². The number of rotatable bonds is 1. The summed E-state index contributed by atoms with van der Waals surface area (Å²) in [6.07, 6.45) is 5.04. The van der Waals surface area contributed by atoms with Gasteiger partial charge >= 0.3 is 0 Å². The zero-order chi connectivity index (χ0) is 8.55. The molecule has 0 aliphatic heterocycles. The van der Waals surface area contributed by atoms with Gasteiger partial charge in [0.2, 0.25) is 0 Å². The van der Waals surface area contributed by atoms with E-state index in [1.54, 1.807) is 11.3 Å². The second kappa shape index (κ2) is 3.15. The summed E-state index contributed by atoms with van der Waals surface area (Å²) in [4.78, 5) is 5.46. The van der Waals surface area contributed by atoms with Crippen LogP contribution in [0.25, 0.3) is 0 Å². The van der Waals surface area contributed by atoms with Gasteiger partial charge in [0, 0.05) is 17.0 Å². The summed E-state index contributed by atoms with van der Waals surface area (Å²) in [5.41, 5.74) is 0. The summed E-state index contributed by atoms with van der Waals surface area (Å²) in [6.45, 7) is 2.01. The molecule has 12 heavy (non-hydrogen) atoms. The fourth-order valence-electron chi connectivity index (χ4n) is 1.82. The Balaban J connectivity index is 2.19. The molecule has 0 bridgehead atoms. The van der Waals surface area contributed by atoms with Crippen LogP contribution in [0.5, 0.6) is 0 Å². The molecule has 2 rings (SSSR count). The van der Waals surface area contributed by atoms with Gasteiger partial charge in [-0.1, -0.05) is 6.42 Å². The molecule has 2 nitrogen and oxygen atoms in total. The highest BCUT2D eigenvalue weighted by Crippen LogP contribution is 2.36. The summed E-state index contributed by atoms with van der Waals surface area (Å²) < 4.78 is 0. The third-order valence-corrected chi connectivity index (χ3v) is 3.53. The third-order valence-electron chi connectivity index (χ3n) is 2.48. The fourth-order valence-corrected chi connectivity index (χ4v) is 2.80. The van der Waals surface area contributed by atoms with Crippen LogP contribution in [0.1, 0.15) is 35.1 Å². The Labute approximate surface area is 76.3 Å². The Hall–Kier alpha value is -0.410. The molecule has 0 amide bonds. The van der Waals surface area contributed by atoms with Crippen molar-refractivity contribution in [3.8, 4) is 0 Å². The van der Waals surface area contributed by atoms with E-state index >= 15 is 0 Å². The summed E-state index contributed by atoms with van der Waals surface area (Å²) in [5, 5.41) is 10.7. The molecule has 0 spiro atoms. The maximum atomic E-state index is 9.63. The highest BCUT2D eigenvalue weighted by Gasteiger charge is 2.27. The standard InChI is InChI=1S/C9H13NOS/c1-6-10-5-9(12-6)7-3-2-4-8(7)11/h5,7-8,11H,2-4H2,1H3/t7-,8-/m1/s1. The van der Waals surface area contributed by atoms with Crippen molar-refractivity contribution in [2.45, 2.75) is 38.2 Å². The van der Waals surface area contributed by atoms with Gasteiger partial charge < -0.3 is 5.11 Å². The van der Waals surface area contributed by atoms with Gasteiger partial charge in [0.15, 0.2) is 0 Å². The number of thiazole rings is 1. The topological polar surface area (TPSA) is 33.1 Å². The van der Waals surface area contributed by atoms with Crippen LogP contribution in [-0.2, 0) is 0 Å². The molecule has 1 heterocycles. The minimum absolute atomic E-state index is 0.121. The number of aryl methyl sites for hydroxylation is 1. The molecule has 3 heteroatoms. The molecule has 1 N–H and O–H groups in total. The molecule has 0 saturated heterocycles. The molecule has 2 atom stereocenters. The van der Waals surface area contributed by atoms with E-state index in [-0.39, 0.29) is 6.10 Å². The average Bonchev–Trinajstić information content (AvgIpc) is 2.58. The van der Waals surface area contributed by atoms with Crippen LogP contribution in [-0.4, -0.2) is 16.2 Å². The van der Waals surface area contributed by atoms with E-state index in [1.807, 2.05) is 13.1 Å². The van der Waals surface area contributed by atoms with E-state index in [0.717, 1.165) is 24.3 Å². The summed E-state index contributed by atoms with van der Waals surface area (Å²) in [6, 6.07) is 0. The van der Waals surface area contributed by atoms with Gasteiger partial charge in [0.25, 0.3) is 0 Å². The van der Waals surface area contributed by atoms with Crippen LogP contribution < -0.4 is 0 Å². The lowest BCUT2D eigenvalue weighted by atomic mass is 10.1. The number of nitrogens with zero attached hydrogens (tertiary/aromatic N) is 1. The Morgan fingerprint density at radius 2 is 2.42 bits per heavy atom. The number of aliphatic hydroxyl groups is 1. The number of hydrogen-bond acceptors (Lipinski definition) is 3. The molecule has 0 radical (unpaired) electrons. The zero-order valence-electron chi connectivity index (χ0n) is 7.16. The predicted molar refractivity (Wildman–Crippen MR) is 49.4 cm³/mol. The lowest BCUT2D eigenvalue weighted by molar-refractivity contribution is 0.165. The second-order valence-electron chi connectivity index (χ2n) is 3.39. The molecule has 0 unspecified atom stereocenters. The van der Waals surface area contributed by atoms with Crippen LogP contribution in [0.2, 0.25) is 0 Å². The number of aliphatic hydroxyl groups excluding tert-OH is 1. The van der Waals surface area contributed by atoms with Crippen molar-refractivity contribution in [2.24, 2.45) is 0 Å². The average molecular weight is 183 g/mol. The van der Waals surface area contributed by atoms with Crippen LogP contribution in [0.4, 0.5) is 0 Å². The van der Waals surface area contributed by atoms with E-state index in [0.29, 0.717) is 5.92 Å². The van der Waals surface area contributed by atoms with Crippen molar-refractivity contribution in [2.75, 3.05) is 0 Å². The summed E-state index contributed by atoms with van der Waals surface area (Å²) in [7, 11) is 0. The smallest absolute Gasteiger partial charge is 0.0896 e. The zero-order valence-corrected chi connectivity index (χ0v) is 7.97. The van der Waals surface area contributed by atoms with E-state index in [4.69, 9.17) is 0 Å². The van der Waals surface area contributed by atoms with Crippen LogP contribution in [0.15, 0.2) is 6.20 Å². The van der Waals surface area contributed by atoms with Gasteiger partial charge in [-0.25, -0.2) is 4.98 Å². The first-order valence-corrected chi connectivity index (χ1v) is 5.19. The summed E-state index contributed by atoms with van der Waals surface area (Å²) >= 11 is 1.72. The maximum absolute atomic E-state index is 9.63. The first-order chi connectivity index (χ1) is 5.77. The Bertz CT molecular complexity index is 271. The minimum atomic E-state index is -0.121. The molecule has 1 aromatic rings. The van der Waals surface area contributed by atoms with Crippen molar-refractivity contribution in [3.63, 3.8) is 0 Å². The first kappa shape index (κ1) is 8.20. The molecular formula is C9H13NOS. The van der Waals surface area contributed by atoms with Gasteiger partial charge in [-0.15, -0.1) is 11.3 Å². The molecular weight excluding hydrogens is 170 g/mol. The Kier molecular flexibility index (Phi) is 2.15. The molecule has 1 aliphatic carbocycles. The quantitative estimate of drug-likeness (QED) is 0.723. The highest BCUT2D eigenvalue weighted by molar-refractivity contribution is 7.11. The first-order valence-electron chi connectivity index (χ1n) is 4.38. The third kappa shape index (κ3) is 1.39. The second-order valence-corrected chi connectivity index (χ2v) is 4.65. The normalized spacial score (nSPS) is 29.5. The molecule has 66 valence electrons. The van der Waals surface area contributed by atoms with E-state index < -0.39 is 0 Å². The van der Waals surface area contributed by atoms with E-state index in [9.17, 15) is 5.11 Å². The van der Waals surface area contributed by atoms with Crippen molar-refractivity contribution in [1.82, 2.24) is 4.98 Å². The van der Waals surface area contributed by atoms with Crippen molar-refractivity contribution in [1.29, 1.82) is 0 Å². The van der Waals surface area contributed by atoms with E-state index in [2.05, 4.69) is 4.98 Å². The molecule has 1 saturated carbocycles. The monoisotopic (exact) mass is 183 g/mol. The number of hydrogen-bond donors (Lipinski definition) is 1. The van der Waals surface area contributed by atoms with Gasteiger partial charge in [-0.3, -0.25) is 0 Å². The van der Waals surface area contributed by atoms with Gasteiger partial charge in [0.1, 0.15) is 0 Å². The largest absolute Gasteiger partial charge is 0.392 e. The van der Waals surface area contributed by atoms with Crippen molar-refractivity contribution in [3.05, 3.63) is 16.1 Å². The predicted octanol–water partition coefficient (Wildman–Crippen LogP) is 2.08. The van der Waals surface area contributed by atoms with Gasteiger partial charge in [-0.05, 0) is 19.8 Å². The fraction of sp³-hybridized carbons (Fsp3) is 0.667. The lowest BCUT2D eigenvalue weighted by Crippen LogP contribution is -2.09. The van der Waals surface area contributed by atoms with Crippen molar-refractivity contribution >= 4 is 11.3 Å². The van der Waals surface area contributed by atoms with Crippen LogP contribution in [0.3, 0.4) is 0 Å². The molecule has 1 aliphatic rings. The SMILES string of the molecule is Cc1ncc([C@@H]2CCC[C@H]2O)s1. The molecule has 1 fully saturated rings. The highest BCUT2D eigenvalue weighted by atomic mass is 32.1.